The molecule has 0 saturated carbocycles. The van der Waals surface area contributed by atoms with Crippen molar-refractivity contribution in [1.82, 2.24) is 9.97 Å². The van der Waals surface area contributed by atoms with Crippen LogP contribution in [0.1, 0.15) is 51.7 Å². The first-order chi connectivity index (χ1) is 11.1. The fourth-order valence-corrected chi connectivity index (χ4v) is 1.66. The molecule has 0 aliphatic carbocycles. The zero-order valence-electron chi connectivity index (χ0n) is 15.5. The minimum Gasteiger partial charge on any atom is -0.495 e. The van der Waals surface area contributed by atoms with Gasteiger partial charge in [0, 0.05) is 18.5 Å². The standard InChI is InChI=1S/C9H13NO.C8H11NO.C2H6/c1-7(2)8-4-5-10-9(6-8)11-3;1-3-7-4-8(10-2)6-9-5-7;1-2/h4-7H,1-3H3;4-6H,3H2,1-2H3;1-2H3. The molecule has 0 aliphatic heterocycles. The summed E-state index contributed by atoms with van der Waals surface area (Å²) in [6.07, 6.45) is 6.33. The number of hydrogen-bond donors (Lipinski definition) is 0. The molecule has 0 unspecified atom stereocenters. The molecule has 2 aromatic heterocycles. The summed E-state index contributed by atoms with van der Waals surface area (Å²) in [5, 5.41) is 0. The van der Waals surface area contributed by atoms with Crippen molar-refractivity contribution < 1.29 is 9.47 Å². The Bertz CT molecular complexity index is 523. The number of pyridine rings is 2. The summed E-state index contributed by atoms with van der Waals surface area (Å²) in [5.74, 6) is 2.06. The van der Waals surface area contributed by atoms with Crippen LogP contribution in [0.2, 0.25) is 0 Å². The Kier molecular flexibility index (Phi) is 11.3. The zero-order chi connectivity index (χ0) is 17.7. The van der Waals surface area contributed by atoms with Gasteiger partial charge in [-0.2, -0.15) is 0 Å². The maximum atomic E-state index is 4.99. The Balaban J connectivity index is 0.000000381. The van der Waals surface area contributed by atoms with E-state index in [2.05, 4.69) is 30.7 Å². The van der Waals surface area contributed by atoms with Crippen LogP contribution in [0.3, 0.4) is 0 Å². The summed E-state index contributed by atoms with van der Waals surface area (Å²) in [6, 6.07) is 5.96. The van der Waals surface area contributed by atoms with E-state index < -0.39 is 0 Å². The first-order valence-electron chi connectivity index (χ1n) is 8.08. The maximum Gasteiger partial charge on any atom is 0.213 e. The highest BCUT2D eigenvalue weighted by atomic mass is 16.5. The van der Waals surface area contributed by atoms with E-state index in [1.807, 2.05) is 38.2 Å². The Hall–Kier alpha value is -2.10. The van der Waals surface area contributed by atoms with Crippen LogP contribution in [0.15, 0.2) is 36.8 Å². The Morgan fingerprint density at radius 1 is 1.04 bits per heavy atom. The van der Waals surface area contributed by atoms with Crippen LogP contribution < -0.4 is 9.47 Å². The molecule has 0 fully saturated rings. The van der Waals surface area contributed by atoms with E-state index in [1.165, 1.54) is 11.1 Å². The SMILES string of the molecule is CC.CCc1cncc(OC)c1.COc1cc(C(C)C)ccn1. The first-order valence-corrected chi connectivity index (χ1v) is 8.08. The molecule has 128 valence electrons. The lowest BCUT2D eigenvalue weighted by Gasteiger charge is -2.05. The lowest BCUT2D eigenvalue weighted by molar-refractivity contribution is 0.397. The van der Waals surface area contributed by atoms with Gasteiger partial charge in [0.2, 0.25) is 5.88 Å². The molecule has 2 aromatic rings. The molecular weight excluding hydrogens is 288 g/mol. The number of aryl methyl sites for hydroxylation is 1. The Morgan fingerprint density at radius 3 is 2.26 bits per heavy atom. The molecule has 0 amide bonds. The van der Waals surface area contributed by atoms with Crippen LogP contribution >= 0.6 is 0 Å². The van der Waals surface area contributed by atoms with E-state index in [0.717, 1.165) is 12.2 Å². The molecule has 23 heavy (non-hydrogen) atoms. The van der Waals surface area contributed by atoms with Gasteiger partial charge in [0.1, 0.15) is 5.75 Å². The summed E-state index contributed by atoms with van der Waals surface area (Å²) in [4.78, 5) is 8.02. The Morgan fingerprint density at radius 2 is 1.74 bits per heavy atom. The normalized spacial score (nSPS) is 9.22. The average molecular weight is 318 g/mol. The van der Waals surface area contributed by atoms with Gasteiger partial charge in [0.05, 0.1) is 20.4 Å². The van der Waals surface area contributed by atoms with Gasteiger partial charge >= 0.3 is 0 Å². The molecule has 0 radical (unpaired) electrons. The van der Waals surface area contributed by atoms with E-state index >= 15 is 0 Å². The monoisotopic (exact) mass is 318 g/mol. The minimum absolute atomic E-state index is 0.534. The van der Waals surface area contributed by atoms with Crippen molar-refractivity contribution in [3.05, 3.63) is 47.9 Å². The van der Waals surface area contributed by atoms with E-state index in [0.29, 0.717) is 11.8 Å². The molecular formula is C19H30N2O2. The highest BCUT2D eigenvalue weighted by molar-refractivity contribution is 5.23. The van der Waals surface area contributed by atoms with E-state index in [4.69, 9.17) is 9.47 Å². The summed E-state index contributed by atoms with van der Waals surface area (Å²) >= 11 is 0. The number of nitrogens with zero attached hydrogens (tertiary/aromatic N) is 2. The van der Waals surface area contributed by atoms with Crippen LogP contribution in [-0.2, 0) is 6.42 Å². The number of ether oxygens (including phenoxy) is 2. The first kappa shape index (κ1) is 20.9. The van der Waals surface area contributed by atoms with Crippen LogP contribution in [0, 0.1) is 0 Å². The fraction of sp³-hybridized carbons (Fsp3) is 0.474. The molecule has 4 nitrogen and oxygen atoms in total. The van der Waals surface area contributed by atoms with Crippen molar-refractivity contribution >= 4 is 0 Å². The number of hydrogen-bond acceptors (Lipinski definition) is 4. The average Bonchev–Trinajstić information content (AvgIpc) is 2.64. The highest BCUT2D eigenvalue weighted by Crippen LogP contribution is 2.16. The van der Waals surface area contributed by atoms with E-state index in [1.54, 1.807) is 26.6 Å². The summed E-state index contributed by atoms with van der Waals surface area (Å²) in [6.45, 7) is 10.4. The highest BCUT2D eigenvalue weighted by Gasteiger charge is 1.99. The smallest absolute Gasteiger partial charge is 0.213 e. The molecule has 4 heteroatoms. The topological polar surface area (TPSA) is 44.2 Å². The van der Waals surface area contributed by atoms with E-state index in [9.17, 15) is 0 Å². The molecule has 0 N–H and O–H groups in total. The number of rotatable bonds is 4. The molecule has 0 saturated heterocycles. The van der Waals surface area contributed by atoms with Crippen LogP contribution in [0.25, 0.3) is 0 Å². The second-order valence-corrected chi connectivity index (χ2v) is 4.87. The lowest BCUT2D eigenvalue weighted by atomic mass is 10.1. The third kappa shape index (κ3) is 8.19. The quantitative estimate of drug-likeness (QED) is 0.805. The largest absolute Gasteiger partial charge is 0.495 e. The van der Waals surface area contributed by atoms with Crippen molar-refractivity contribution in [1.29, 1.82) is 0 Å². The lowest BCUT2D eigenvalue weighted by Crippen LogP contribution is -1.91. The van der Waals surface area contributed by atoms with Gasteiger partial charge in [-0.05, 0) is 35.6 Å². The molecule has 0 aromatic carbocycles. The van der Waals surface area contributed by atoms with Gasteiger partial charge in [-0.3, -0.25) is 4.98 Å². The number of methoxy groups -OCH3 is 2. The van der Waals surface area contributed by atoms with Crippen molar-refractivity contribution in [2.24, 2.45) is 0 Å². The van der Waals surface area contributed by atoms with Crippen LogP contribution in [-0.4, -0.2) is 24.2 Å². The van der Waals surface area contributed by atoms with Gasteiger partial charge in [-0.15, -0.1) is 0 Å². The van der Waals surface area contributed by atoms with Crippen molar-refractivity contribution in [3.63, 3.8) is 0 Å². The molecule has 2 heterocycles. The van der Waals surface area contributed by atoms with Gasteiger partial charge in [0.15, 0.2) is 0 Å². The molecule has 0 aliphatic rings. The van der Waals surface area contributed by atoms with Gasteiger partial charge in [-0.1, -0.05) is 34.6 Å². The van der Waals surface area contributed by atoms with Gasteiger partial charge in [0.25, 0.3) is 0 Å². The molecule has 0 spiro atoms. The third-order valence-corrected chi connectivity index (χ3v) is 3.05. The number of aromatic nitrogens is 2. The van der Waals surface area contributed by atoms with Gasteiger partial charge < -0.3 is 9.47 Å². The summed E-state index contributed by atoms with van der Waals surface area (Å²) in [5.41, 5.74) is 2.47. The predicted molar refractivity (Wildman–Crippen MR) is 96.4 cm³/mol. The maximum absolute atomic E-state index is 4.99. The molecule has 0 atom stereocenters. The summed E-state index contributed by atoms with van der Waals surface area (Å²) in [7, 11) is 3.28. The second kappa shape index (κ2) is 12.4. The van der Waals surface area contributed by atoms with Crippen molar-refractivity contribution in [2.45, 2.75) is 47.0 Å². The molecule has 2 rings (SSSR count). The fourth-order valence-electron chi connectivity index (χ4n) is 1.66. The van der Waals surface area contributed by atoms with Crippen molar-refractivity contribution in [2.75, 3.05) is 14.2 Å². The van der Waals surface area contributed by atoms with Crippen molar-refractivity contribution in [3.8, 4) is 11.6 Å². The van der Waals surface area contributed by atoms with Gasteiger partial charge in [-0.25, -0.2) is 4.98 Å². The second-order valence-electron chi connectivity index (χ2n) is 4.87. The van der Waals surface area contributed by atoms with E-state index in [-0.39, 0.29) is 0 Å². The summed E-state index contributed by atoms with van der Waals surface area (Å²) < 4.78 is 9.99. The Labute approximate surface area is 140 Å². The third-order valence-electron chi connectivity index (χ3n) is 3.05. The zero-order valence-corrected chi connectivity index (χ0v) is 15.5. The van der Waals surface area contributed by atoms with Crippen LogP contribution in [0.4, 0.5) is 0 Å². The minimum atomic E-state index is 0.534. The molecule has 0 bridgehead atoms. The van der Waals surface area contributed by atoms with Crippen LogP contribution in [0.5, 0.6) is 11.6 Å². The predicted octanol–water partition coefficient (Wildman–Crippen LogP) is 4.89.